The predicted molar refractivity (Wildman–Crippen MR) is 49.4 cm³/mol. The average molecular weight is 198 g/mol. The molecule has 6 heteroatoms. The fraction of sp³-hybridized carbons (Fsp3) is 0.625. The molecule has 2 N–H and O–H groups in total. The molecule has 1 rings (SSSR count). The molecule has 0 bridgehead atoms. The topological polar surface area (TPSA) is 80.0 Å². The Morgan fingerprint density at radius 1 is 1.64 bits per heavy atom. The molecule has 1 aromatic rings. The van der Waals surface area contributed by atoms with Gasteiger partial charge in [0.15, 0.2) is 0 Å². The number of hydrogen-bond acceptors (Lipinski definition) is 4. The van der Waals surface area contributed by atoms with Gasteiger partial charge in [0.25, 0.3) is 0 Å². The van der Waals surface area contributed by atoms with E-state index in [2.05, 4.69) is 15.4 Å². The highest BCUT2D eigenvalue weighted by Crippen LogP contribution is 2.01. The number of aromatic nitrogens is 3. The first-order valence-electron chi connectivity index (χ1n) is 4.40. The zero-order chi connectivity index (χ0) is 10.6. The molecular formula is C8H14N4O2. The van der Waals surface area contributed by atoms with E-state index in [1.807, 2.05) is 0 Å². The molecule has 1 aromatic heterocycles. The van der Waals surface area contributed by atoms with E-state index in [9.17, 15) is 4.79 Å². The van der Waals surface area contributed by atoms with Crippen LogP contribution in [0.2, 0.25) is 0 Å². The van der Waals surface area contributed by atoms with Gasteiger partial charge in [0.1, 0.15) is 18.7 Å². The highest BCUT2D eigenvalue weighted by Gasteiger charge is 2.16. The Morgan fingerprint density at radius 2 is 2.36 bits per heavy atom. The quantitative estimate of drug-likeness (QED) is 0.672. The van der Waals surface area contributed by atoms with Gasteiger partial charge in [0, 0.05) is 6.04 Å². The minimum absolute atomic E-state index is 0.0736. The molecule has 78 valence electrons. The maximum absolute atomic E-state index is 11.5. The summed E-state index contributed by atoms with van der Waals surface area (Å²) in [6.07, 6.45) is 2.85. The summed E-state index contributed by atoms with van der Waals surface area (Å²) >= 11 is 0. The molecule has 0 fully saturated rings. The van der Waals surface area contributed by atoms with E-state index in [1.54, 1.807) is 13.8 Å². The molecule has 0 aliphatic heterocycles. The van der Waals surface area contributed by atoms with Crippen LogP contribution in [-0.4, -0.2) is 38.4 Å². The first kappa shape index (κ1) is 10.6. The Labute approximate surface area is 82.0 Å². The van der Waals surface area contributed by atoms with Crippen LogP contribution < -0.4 is 5.32 Å². The second kappa shape index (κ2) is 4.71. The molecule has 1 unspecified atom stereocenters. The number of hydrogen-bond donors (Lipinski definition) is 2. The van der Waals surface area contributed by atoms with E-state index in [0.29, 0.717) is 0 Å². The summed E-state index contributed by atoms with van der Waals surface area (Å²) < 4.78 is 1.46. The second-order valence-corrected chi connectivity index (χ2v) is 3.14. The predicted octanol–water partition coefficient (Wildman–Crippen LogP) is -0.664. The van der Waals surface area contributed by atoms with Crippen molar-refractivity contribution in [1.82, 2.24) is 20.1 Å². The SMILES string of the molecule is CC(C(=O)N[C@@H](C)CO)n1cncn1. The molecule has 2 atom stereocenters. The number of aliphatic hydroxyl groups is 1. The molecular weight excluding hydrogens is 184 g/mol. The van der Waals surface area contributed by atoms with Gasteiger partial charge >= 0.3 is 0 Å². The third-order valence-corrected chi connectivity index (χ3v) is 1.88. The lowest BCUT2D eigenvalue weighted by Crippen LogP contribution is -2.39. The minimum atomic E-state index is -0.411. The number of carbonyl (C=O) groups excluding carboxylic acids is 1. The van der Waals surface area contributed by atoms with Crippen molar-refractivity contribution in [2.45, 2.75) is 25.9 Å². The van der Waals surface area contributed by atoms with Crippen molar-refractivity contribution in [3.05, 3.63) is 12.7 Å². The Hall–Kier alpha value is -1.43. The van der Waals surface area contributed by atoms with Gasteiger partial charge in [-0.05, 0) is 13.8 Å². The number of nitrogens with one attached hydrogen (secondary N) is 1. The smallest absolute Gasteiger partial charge is 0.244 e. The van der Waals surface area contributed by atoms with Crippen molar-refractivity contribution in [2.75, 3.05) is 6.61 Å². The normalized spacial score (nSPS) is 14.8. The maximum Gasteiger partial charge on any atom is 0.244 e. The summed E-state index contributed by atoms with van der Waals surface area (Å²) in [5.41, 5.74) is 0. The fourth-order valence-corrected chi connectivity index (χ4v) is 0.947. The van der Waals surface area contributed by atoms with E-state index in [4.69, 9.17) is 5.11 Å². The number of rotatable bonds is 4. The maximum atomic E-state index is 11.5. The highest BCUT2D eigenvalue weighted by molar-refractivity contribution is 5.79. The molecule has 0 saturated heterocycles. The molecule has 0 aliphatic carbocycles. The van der Waals surface area contributed by atoms with E-state index >= 15 is 0 Å². The van der Waals surface area contributed by atoms with Gasteiger partial charge in [-0.1, -0.05) is 0 Å². The Morgan fingerprint density at radius 3 is 2.86 bits per heavy atom. The van der Waals surface area contributed by atoms with Gasteiger partial charge in [0.05, 0.1) is 6.61 Å². The molecule has 0 aliphatic rings. The largest absolute Gasteiger partial charge is 0.394 e. The summed E-state index contributed by atoms with van der Waals surface area (Å²) in [4.78, 5) is 15.2. The summed E-state index contributed by atoms with van der Waals surface area (Å²) in [5.74, 6) is -0.183. The third kappa shape index (κ3) is 2.53. The van der Waals surface area contributed by atoms with Gasteiger partial charge in [0.2, 0.25) is 5.91 Å². The monoisotopic (exact) mass is 198 g/mol. The lowest BCUT2D eigenvalue weighted by atomic mass is 10.3. The van der Waals surface area contributed by atoms with Crippen LogP contribution in [0.3, 0.4) is 0 Å². The van der Waals surface area contributed by atoms with Crippen LogP contribution in [0, 0.1) is 0 Å². The van der Waals surface area contributed by atoms with Gasteiger partial charge in [-0.25, -0.2) is 9.67 Å². The van der Waals surface area contributed by atoms with Crippen molar-refractivity contribution in [3.63, 3.8) is 0 Å². The molecule has 0 radical (unpaired) electrons. The summed E-state index contributed by atoms with van der Waals surface area (Å²) in [5, 5.41) is 15.2. The Kier molecular flexibility index (Phi) is 3.58. The second-order valence-electron chi connectivity index (χ2n) is 3.14. The molecule has 0 spiro atoms. The zero-order valence-corrected chi connectivity index (χ0v) is 8.21. The lowest BCUT2D eigenvalue weighted by molar-refractivity contribution is -0.125. The van der Waals surface area contributed by atoms with Gasteiger partial charge in [-0.15, -0.1) is 0 Å². The van der Waals surface area contributed by atoms with Gasteiger partial charge in [-0.2, -0.15) is 5.10 Å². The highest BCUT2D eigenvalue weighted by atomic mass is 16.3. The Bertz CT molecular complexity index is 286. The van der Waals surface area contributed by atoms with Gasteiger partial charge in [-0.3, -0.25) is 4.79 Å². The van der Waals surface area contributed by atoms with Crippen molar-refractivity contribution < 1.29 is 9.90 Å². The van der Waals surface area contributed by atoms with Crippen molar-refractivity contribution in [2.24, 2.45) is 0 Å². The molecule has 1 amide bonds. The standard InChI is InChI=1S/C8H14N4O2/c1-6(3-13)11-8(14)7(2)12-5-9-4-10-12/h4-7,13H,3H2,1-2H3,(H,11,14)/t6-,7?/m0/s1. The van der Waals surface area contributed by atoms with Crippen LogP contribution in [0.25, 0.3) is 0 Å². The van der Waals surface area contributed by atoms with Crippen LogP contribution in [0.1, 0.15) is 19.9 Å². The minimum Gasteiger partial charge on any atom is -0.394 e. The summed E-state index contributed by atoms with van der Waals surface area (Å²) in [6.45, 7) is 3.37. The van der Waals surface area contributed by atoms with E-state index in [1.165, 1.54) is 17.3 Å². The number of nitrogens with zero attached hydrogens (tertiary/aromatic N) is 3. The number of carbonyl (C=O) groups is 1. The van der Waals surface area contributed by atoms with Crippen LogP contribution in [0.4, 0.5) is 0 Å². The van der Waals surface area contributed by atoms with E-state index in [0.717, 1.165) is 0 Å². The van der Waals surface area contributed by atoms with Gasteiger partial charge < -0.3 is 10.4 Å². The molecule has 14 heavy (non-hydrogen) atoms. The van der Waals surface area contributed by atoms with Crippen molar-refractivity contribution in [1.29, 1.82) is 0 Å². The number of amides is 1. The fourth-order valence-electron chi connectivity index (χ4n) is 0.947. The number of aliphatic hydroxyl groups excluding tert-OH is 1. The molecule has 1 heterocycles. The molecule has 0 aromatic carbocycles. The lowest BCUT2D eigenvalue weighted by Gasteiger charge is -2.15. The van der Waals surface area contributed by atoms with Crippen LogP contribution >= 0.6 is 0 Å². The molecule has 6 nitrogen and oxygen atoms in total. The van der Waals surface area contributed by atoms with Crippen LogP contribution in [0.15, 0.2) is 12.7 Å². The first-order chi connectivity index (χ1) is 6.65. The third-order valence-electron chi connectivity index (χ3n) is 1.88. The van der Waals surface area contributed by atoms with E-state index in [-0.39, 0.29) is 18.6 Å². The molecule has 0 saturated carbocycles. The van der Waals surface area contributed by atoms with Crippen molar-refractivity contribution in [3.8, 4) is 0 Å². The van der Waals surface area contributed by atoms with Crippen LogP contribution in [-0.2, 0) is 4.79 Å². The van der Waals surface area contributed by atoms with E-state index < -0.39 is 6.04 Å². The average Bonchev–Trinajstić information content (AvgIpc) is 2.69. The van der Waals surface area contributed by atoms with Crippen LogP contribution in [0.5, 0.6) is 0 Å². The summed E-state index contributed by atoms with van der Waals surface area (Å²) in [6, 6.07) is -0.653. The van der Waals surface area contributed by atoms with Crippen molar-refractivity contribution >= 4 is 5.91 Å². The Balaban J connectivity index is 2.53. The first-order valence-corrected chi connectivity index (χ1v) is 4.40. The summed E-state index contributed by atoms with van der Waals surface area (Å²) in [7, 11) is 0. The zero-order valence-electron chi connectivity index (χ0n) is 8.21.